The van der Waals surface area contributed by atoms with Gasteiger partial charge >= 0.3 is 0 Å². The van der Waals surface area contributed by atoms with Gasteiger partial charge in [0.05, 0.1) is 16.3 Å². The minimum Gasteiger partial charge on any atom is -0.352 e. The van der Waals surface area contributed by atoms with Crippen LogP contribution in [0.15, 0.2) is 58.9 Å². The van der Waals surface area contributed by atoms with Gasteiger partial charge in [-0.15, -0.1) is 11.3 Å². The van der Waals surface area contributed by atoms with Crippen molar-refractivity contribution < 1.29 is 13.2 Å². The summed E-state index contributed by atoms with van der Waals surface area (Å²) in [5, 5.41) is 5.69. The molecule has 1 aliphatic rings. The lowest BCUT2D eigenvalue weighted by molar-refractivity contribution is 0.0954. The predicted molar refractivity (Wildman–Crippen MR) is 120 cm³/mol. The van der Waals surface area contributed by atoms with Gasteiger partial charge in [0.1, 0.15) is 5.01 Å². The number of thiazole rings is 1. The maximum Gasteiger partial charge on any atom is 0.251 e. The molecule has 0 unspecified atom stereocenters. The Kier molecular flexibility index (Phi) is 6.74. The Morgan fingerprint density at radius 1 is 1.06 bits per heavy atom. The van der Waals surface area contributed by atoms with Crippen LogP contribution in [0.1, 0.15) is 35.3 Å². The summed E-state index contributed by atoms with van der Waals surface area (Å²) >= 11 is 1.53. The molecule has 1 amide bonds. The molecular weight excluding hydrogens is 432 g/mol. The van der Waals surface area contributed by atoms with E-state index in [0.717, 1.165) is 35.7 Å². The molecule has 1 saturated heterocycles. The van der Waals surface area contributed by atoms with Crippen LogP contribution in [0.2, 0.25) is 0 Å². The lowest BCUT2D eigenvalue weighted by Gasteiger charge is -2.25. The van der Waals surface area contributed by atoms with Crippen molar-refractivity contribution in [3.05, 3.63) is 65.3 Å². The molecule has 3 heterocycles. The highest BCUT2D eigenvalue weighted by atomic mass is 32.2. The number of rotatable bonds is 7. The molecule has 4 rings (SSSR count). The van der Waals surface area contributed by atoms with Gasteiger partial charge in [0.25, 0.3) is 5.91 Å². The van der Waals surface area contributed by atoms with Gasteiger partial charge in [0, 0.05) is 43.2 Å². The summed E-state index contributed by atoms with van der Waals surface area (Å²) in [5.74, 6) is -0.234. The SMILES string of the molecule is O=C(NCCc1csc(-c2ccccn2)n1)c1ccc(S(=O)(=O)N2CCCCC2)cc1. The minimum absolute atomic E-state index is 0.232. The Morgan fingerprint density at radius 2 is 1.84 bits per heavy atom. The zero-order valence-corrected chi connectivity index (χ0v) is 18.7. The first-order valence-corrected chi connectivity index (χ1v) is 12.6. The molecule has 0 bridgehead atoms. The maximum atomic E-state index is 12.7. The number of nitrogens with zero attached hydrogens (tertiary/aromatic N) is 3. The third-order valence-electron chi connectivity index (χ3n) is 5.17. The number of carbonyl (C=O) groups excluding carboxylic acids is 1. The fraction of sp³-hybridized carbons (Fsp3) is 0.318. The Labute approximate surface area is 186 Å². The van der Waals surface area contributed by atoms with Crippen LogP contribution in [-0.2, 0) is 16.4 Å². The van der Waals surface area contributed by atoms with Crippen molar-refractivity contribution in [2.75, 3.05) is 19.6 Å². The van der Waals surface area contributed by atoms with Gasteiger partial charge in [-0.3, -0.25) is 9.78 Å². The normalized spacial score (nSPS) is 15.0. The topological polar surface area (TPSA) is 92.3 Å². The molecule has 1 aliphatic heterocycles. The van der Waals surface area contributed by atoms with Crippen LogP contribution in [0.4, 0.5) is 0 Å². The van der Waals surface area contributed by atoms with E-state index in [1.54, 1.807) is 18.3 Å². The maximum absolute atomic E-state index is 12.7. The molecule has 7 nitrogen and oxygen atoms in total. The molecule has 0 spiro atoms. The zero-order chi connectivity index (χ0) is 21.7. The second-order valence-electron chi connectivity index (χ2n) is 7.35. The van der Waals surface area contributed by atoms with Crippen LogP contribution in [0.25, 0.3) is 10.7 Å². The molecule has 162 valence electrons. The molecular formula is C22H24N4O3S2. The van der Waals surface area contributed by atoms with Gasteiger partial charge in [-0.25, -0.2) is 13.4 Å². The number of hydrogen-bond donors (Lipinski definition) is 1. The zero-order valence-electron chi connectivity index (χ0n) is 17.0. The van der Waals surface area contributed by atoms with Gasteiger partial charge in [0.15, 0.2) is 0 Å². The Hall–Kier alpha value is -2.62. The summed E-state index contributed by atoms with van der Waals surface area (Å²) in [7, 11) is -3.49. The molecule has 3 aromatic rings. The summed E-state index contributed by atoms with van der Waals surface area (Å²) in [6.45, 7) is 1.56. The second-order valence-corrected chi connectivity index (χ2v) is 10.2. The molecule has 0 aliphatic carbocycles. The summed E-state index contributed by atoms with van der Waals surface area (Å²) in [4.78, 5) is 21.5. The van der Waals surface area contributed by atoms with Crippen LogP contribution in [0.5, 0.6) is 0 Å². The number of aromatic nitrogens is 2. The van der Waals surface area contributed by atoms with E-state index in [-0.39, 0.29) is 10.8 Å². The van der Waals surface area contributed by atoms with Crippen molar-refractivity contribution in [3.63, 3.8) is 0 Å². The molecule has 1 fully saturated rings. The summed E-state index contributed by atoms with van der Waals surface area (Å²) < 4.78 is 27.0. The number of piperidine rings is 1. The Bertz CT molecular complexity index is 1120. The first-order chi connectivity index (χ1) is 15.0. The lowest BCUT2D eigenvalue weighted by Crippen LogP contribution is -2.35. The van der Waals surface area contributed by atoms with E-state index in [1.807, 2.05) is 23.6 Å². The predicted octanol–water partition coefficient (Wildman–Crippen LogP) is 3.35. The largest absolute Gasteiger partial charge is 0.352 e. The van der Waals surface area contributed by atoms with E-state index in [0.29, 0.717) is 31.6 Å². The summed E-state index contributed by atoms with van der Waals surface area (Å²) in [6.07, 6.45) is 5.19. The van der Waals surface area contributed by atoms with Crippen molar-refractivity contribution in [1.29, 1.82) is 0 Å². The number of carbonyl (C=O) groups is 1. The van der Waals surface area contributed by atoms with Gasteiger partial charge in [-0.05, 0) is 49.2 Å². The number of hydrogen-bond acceptors (Lipinski definition) is 6. The van der Waals surface area contributed by atoms with Crippen molar-refractivity contribution in [2.24, 2.45) is 0 Å². The van der Waals surface area contributed by atoms with Crippen molar-refractivity contribution in [3.8, 4) is 10.7 Å². The molecule has 1 aromatic carbocycles. The fourth-order valence-corrected chi connectivity index (χ4v) is 5.81. The third kappa shape index (κ3) is 5.17. The van der Waals surface area contributed by atoms with Crippen LogP contribution in [-0.4, -0.2) is 48.2 Å². The first-order valence-electron chi connectivity index (χ1n) is 10.3. The van der Waals surface area contributed by atoms with E-state index in [2.05, 4.69) is 15.3 Å². The number of pyridine rings is 1. The van der Waals surface area contributed by atoms with Crippen molar-refractivity contribution >= 4 is 27.3 Å². The number of amides is 1. The molecule has 1 N–H and O–H groups in total. The fourth-order valence-electron chi connectivity index (χ4n) is 3.47. The number of sulfonamides is 1. The number of nitrogens with one attached hydrogen (secondary N) is 1. The smallest absolute Gasteiger partial charge is 0.251 e. The van der Waals surface area contributed by atoms with Crippen LogP contribution in [0.3, 0.4) is 0 Å². The molecule has 2 aromatic heterocycles. The van der Waals surface area contributed by atoms with E-state index in [9.17, 15) is 13.2 Å². The van der Waals surface area contributed by atoms with Gasteiger partial charge in [-0.1, -0.05) is 12.5 Å². The molecule has 0 saturated carbocycles. The van der Waals surface area contributed by atoms with Gasteiger partial charge < -0.3 is 5.32 Å². The van der Waals surface area contributed by atoms with E-state index in [1.165, 1.54) is 27.8 Å². The third-order valence-corrected chi connectivity index (χ3v) is 8.00. The van der Waals surface area contributed by atoms with Gasteiger partial charge in [-0.2, -0.15) is 4.31 Å². The average molecular weight is 457 g/mol. The quantitative estimate of drug-likeness (QED) is 0.589. The Balaban J connectivity index is 1.31. The van der Waals surface area contributed by atoms with E-state index in [4.69, 9.17) is 0 Å². The van der Waals surface area contributed by atoms with Crippen LogP contribution in [0, 0.1) is 0 Å². The monoisotopic (exact) mass is 456 g/mol. The van der Waals surface area contributed by atoms with Crippen molar-refractivity contribution in [1.82, 2.24) is 19.6 Å². The average Bonchev–Trinajstić information content (AvgIpc) is 3.29. The highest BCUT2D eigenvalue weighted by Gasteiger charge is 2.25. The number of benzene rings is 1. The Morgan fingerprint density at radius 3 is 2.55 bits per heavy atom. The van der Waals surface area contributed by atoms with Crippen LogP contribution >= 0.6 is 11.3 Å². The van der Waals surface area contributed by atoms with Crippen LogP contribution < -0.4 is 5.32 Å². The molecule has 0 radical (unpaired) electrons. The standard InChI is InChI=1S/C22H24N4O3S2/c27-21(24-13-11-18-16-30-22(25-18)20-6-2-3-12-23-20)17-7-9-19(10-8-17)31(28,29)26-14-4-1-5-15-26/h2-3,6-10,12,16H,1,4-5,11,13-15H2,(H,24,27). The summed E-state index contributed by atoms with van der Waals surface area (Å²) in [5.41, 5.74) is 2.17. The lowest BCUT2D eigenvalue weighted by atomic mass is 10.2. The molecule has 31 heavy (non-hydrogen) atoms. The second kappa shape index (κ2) is 9.67. The molecule has 0 atom stereocenters. The molecule has 9 heteroatoms. The summed E-state index contributed by atoms with van der Waals surface area (Å²) in [6, 6.07) is 11.9. The van der Waals surface area contributed by atoms with Gasteiger partial charge in [0.2, 0.25) is 10.0 Å². The first kappa shape index (κ1) is 21.6. The van der Waals surface area contributed by atoms with E-state index < -0.39 is 10.0 Å². The van der Waals surface area contributed by atoms with E-state index >= 15 is 0 Å². The minimum atomic E-state index is -3.49. The van der Waals surface area contributed by atoms with Crippen molar-refractivity contribution in [2.45, 2.75) is 30.6 Å². The highest BCUT2D eigenvalue weighted by molar-refractivity contribution is 7.89. The highest BCUT2D eigenvalue weighted by Crippen LogP contribution is 2.22.